The number of nitrogens with one attached hydrogen (secondary N) is 2. The Morgan fingerprint density at radius 3 is 1.96 bits per heavy atom. The van der Waals surface area contributed by atoms with Crippen LogP contribution in [0.5, 0.6) is 0 Å². The van der Waals surface area contributed by atoms with Gasteiger partial charge in [-0.2, -0.15) is 0 Å². The summed E-state index contributed by atoms with van der Waals surface area (Å²) in [5.41, 5.74) is 5.73. The van der Waals surface area contributed by atoms with Gasteiger partial charge in [-0.05, 0) is 18.3 Å². The first-order chi connectivity index (χ1) is 11.5. The number of aliphatic carboxylic acids is 2. The number of carboxylic acids is 2. The van der Waals surface area contributed by atoms with Gasteiger partial charge < -0.3 is 26.6 Å². The van der Waals surface area contributed by atoms with Crippen LogP contribution in [0.1, 0.15) is 47.0 Å². The van der Waals surface area contributed by atoms with Gasteiger partial charge in [0.2, 0.25) is 11.8 Å². The highest BCUT2D eigenvalue weighted by Gasteiger charge is 2.31. The van der Waals surface area contributed by atoms with Gasteiger partial charge in [-0.25, -0.2) is 4.79 Å². The van der Waals surface area contributed by atoms with Crippen molar-refractivity contribution in [2.24, 2.45) is 17.6 Å². The maximum Gasteiger partial charge on any atom is 0.326 e. The fourth-order valence-corrected chi connectivity index (χ4v) is 2.21. The molecule has 9 heteroatoms. The van der Waals surface area contributed by atoms with Crippen molar-refractivity contribution >= 4 is 23.8 Å². The summed E-state index contributed by atoms with van der Waals surface area (Å²) < 4.78 is 0. The molecule has 0 bridgehead atoms. The number of hydrogen-bond acceptors (Lipinski definition) is 5. The molecule has 0 aliphatic carbocycles. The topological polar surface area (TPSA) is 159 Å². The molecule has 0 heterocycles. The standard InChI is InChI=1S/C16H29N3O6/c1-5-9(4)13(16(24)25)19-15(23)11(7-12(20)21)18-14(22)10(17)6-8(2)3/h8-11,13H,5-7,17H2,1-4H3,(H,18,22)(H,19,23)(H,20,21)(H,24,25). The molecule has 144 valence electrons. The summed E-state index contributed by atoms with van der Waals surface area (Å²) in [6, 6.07) is -3.45. The first-order valence-electron chi connectivity index (χ1n) is 8.30. The maximum atomic E-state index is 12.3. The Labute approximate surface area is 147 Å². The minimum atomic E-state index is -1.39. The zero-order chi connectivity index (χ0) is 19.7. The third-order valence-corrected chi connectivity index (χ3v) is 3.85. The number of carbonyl (C=O) groups is 4. The van der Waals surface area contributed by atoms with Gasteiger partial charge in [0.05, 0.1) is 12.5 Å². The summed E-state index contributed by atoms with van der Waals surface area (Å²) in [5.74, 6) is -4.24. The van der Waals surface area contributed by atoms with E-state index < -0.39 is 48.3 Å². The van der Waals surface area contributed by atoms with Gasteiger partial charge in [-0.1, -0.05) is 34.1 Å². The van der Waals surface area contributed by atoms with E-state index in [4.69, 9.17) is 10.8 Å². The minimum absolute atomic E-state index is 0.147. The van der Waals surface area contributed by atoms with Crippen LogP contribution in [0.25, 0.3) is 0 Å². The summed E-state index contributed by atoms with van der Waals surface area (Å²) in [5, 5.41) is 22.8. The van der Waals surface area contributed by atoms with E-state index >= 15 is 0 Å². The Morgan fingerprint density at radius 2 is 1.56 bits per heavy atom. The van der Waals surface area contributed by atoms with Crippen LogP contribution >= 0.6 is 0 Å². The van der Waals surface area contributed by atoms with Crippen LogP contribution in [0.2, 0.25) is 0 Å². The first-order valence-corrected chi connectivity index (χ1v) is 8.30. The fourth-order valence-electron chi connectivity index (χ4n) is 2.21. The average molecular weight is 359 g/mol. The van der Waals surface area contributed by atoms with Crippen molar-refractivity contribution < 1.29 is 29.4 Å². The summed E-state index contributed by atoms with van der Waals surface area (Å²) in [7, 11) is 0. The van der Waals surface area contributed by atoms with Gasteiger partial charge in [0, 0.05) is 0 Å². The molecule has 0 saturated carbocycles. The zero-order valence-corrected chi connectivity index (χ0v) is 15.1. The van der Waals surface area contributed by atoms with E-state index in [2.05, 4.69) is 10.6 Å². The van der Waals surface area contributed by atoms with Crippen molar-refractivity contribution in [2.45, 2.75) is 65.1 Å². The minimum Gasteiger partial charge on any atom is -0.481 e. The SMILES string of the molecule is CCC(C)C(NC(=O)C(CC(=O)O)NC(=O)C(N)CC(C)C)C(=O)O. The molecule has 0 aliphatic heterocycles. The van der Waals surface area contributed by atoms with Crippen molar-refractivity contribution in [3.8, 4) is 0 Å². The number of carboxylic acid groups (broad SMARTS) is 2. The molecule has 4 atom stereocenters. The number of hydrogen-bond donors (Lipinski definition) is 5. The Bertz CT molecular complexity index is 494. The Morgan fingerprint density at radius 1 is 1.00 bits per heavy atom. The molecule has 0 fully saturated rings. The molecule has 9 nitrogen and oxygen atoms in total. The molecule has 0 aromatic carbocycles. The van der Waals surface area contributed by atoms with Crippen LogP contribution in [-0.4, -0.2) is 52.1 Å². The molecule has 0 rings (SSSR count). The van der Waals surface area contributed by atoms with Gasteiger partial charge in [-0.15, -0.1) is 0 Å². The Kier molecular flexibility index (Phi) is 9.73. The van der Waals surface area contributed by atoms with Gasteiger partial charge >= 0.3 is 11.9 Å². The predicted molar refractivity (Wildman–Crippen MR) is 90.6 cm³/mol. The van der Waals surface area contributed by atoms with Crippen molar-refractivity contribution in [3.05, 3.63) is 0 Å². The zero-order valence-electron chi connectivity index (χ0n) is 15.1. The lowest BCUT2D eigenvalue weighted by Gasteiger charge is -2.24. The number of carbonyl (C=O) groups excluding carboxylic acids is 2. The van der Waals surface area contributed by atoms with Crippen LogP contribution < -0.4 is 16.4 Å². The van der Waals surface area contributed by atoms with E-state index in [0.717, 1.165) is 0 Å². The van der Waals surface area contributed by atoms with Crippen LogP contribution in [-0.2, 0) is 19.2 Å². The summed E-state index contributed by atoms with van der Waals surface area (Å²) in [6.45, 7) is 7.17. The third kappa shape index (κ3) is 8.48. The lowest BCUT2D eigenvalue weighted by Crippen LogP contribution is -2.56. The largest absolute Gasteiger partial charge is 0.481 e. The maximum absolute atomic E-state index is 12.3. The van der Waals surface area contributed by atoms with Crippen LogP contribution in [0.3, 0.4) is 0 Å². The number of nitrogens with two attached hydrogens (primary N) is 1. The van der Waals surface area contributed by atoms with E-state index in [1.54, 1.807) is 13.8 Å². The van der Waals surface area contributed by atoms with Crippen molar-refractivity contribution in [1.82, 2.24) is 10.6 Å². The van der Waals surface area contributed by atoms with Gasteiger partial charge in [0.1, 0.15) is 12.1 Å². The van der Waals surface area contributed by atoms with E-state index in [0.29, 0.717) is 12.8 Å². The van der Waals surface area contributed by atoms with E-state index in [1.807, 2.05) is 13.8 Å². The lowest BCUT2D eigenvalue weighted by molar-refractivity contribution is -0.144. The number of amides is 2. The van der Waals surface area contributed by atoms with E-state index in [-0.39, 0.29) is 11.8 Å². The smallest absolute Gasteiger partial charge is 0.326 e. The van der Waals surface area contributed by atoms with Crippen molar-refractivity contribution in [2.75, 3.05) is 0 Å². The second-order valence-corrected chi connectivity index (χ2v) is 6.61. The Balaban J connectivity index is 5.12. The summed E-state index contributed by atoms with van der Waals surface area (Å²) >= 11 is 0. The van der Waals surface area contributed by atoms with Crippen LogP contribution in [0.4, 0.5) is 0 Å². The average Bonchev–Trinajstić information content (AvgIpc) is 2.49. The quantitative estimate of drug-likeness (QED) is 0.345. The predicted octanol–water partition coefficient (Wildman–Crippen LogP) is -0.0652. The van der Waals surface area contributed by atoms with Crippen molar-refractivity contribution in [1.29, 1.82) is 0 Å². The van der Waals surface area contributed by atoms with Gasteiger partial charge in [0.25, 0.3) is 0 Å². The summed E-state index contributed by atoms with van der Waals surface area (Å²) in [6.07, 6.45) is 0.211. The highest BCUT2D eigenvalue weighted by atomic mass is 16.4. The highest BCUT2D eigenvalue weighted by molar-refractivity contribution is 5.93. The van der Waals surface area contributed by atoms with Crippen LogP contribution in [0, 0.1) is 11.8 Å². The third-order valence-electron chi connectivity index (χ3n) is 3.85. The molecule has 0 aromatic heterocycles. The number of rotatable bonds is 11. The second kappa shape index (κ2) is 10.7. The molecule has 25 heavy (non-hydrogen) atoms. The Hall–Kier alpha value is -2.16. The molecule has 0 aromatic rings. The van der Waals surface area contributed by atoms with Crippen LogP contribution in [0.15, 0.2) is 0 Å². The monoisotopic (exact) mass is 359 g/mol. The molecular formula is C16H29N3O6. The molecule has 6 N–H and O–H groups in total. The molecule has 0 saturated heterocycles. The first kappa shape index (κ1) is 22.8. The second-order valence-electron chi connectivity index (χ2n) is 6.61. The molecule has 0 aliphatic rings. The van der Waals surface area contributed by atoms with Gasteiger partial charge in [-0.3, -0.25) is 14.4 Å². The summed E-state index contributed by atoms with van der Waals surface area (Å²) in [4.78, 5) is 46.6. The van der Waals surface area contributed by atoms with Crippen molar-refractivity contribution in [3.63, 3.8) is 0 Å². The fraction of sp³-hybridized carbons (Fsp3) is 0.750. The molecule has 0 spiro atoms. The molecule has 2 amide bonds. The van der Waals surface area contributed by atoms with Gasteiger partial charge in [0.15, 0.2) is 0 Å². The molecule has 4 unspecified atom stereocenters. The molecular weight excluding hydrogens is 330 g/mol. The van der Waals surface area contributed by atoms with E-state index in [1.165, 1.54) is 0 Å². The molecule has 0 radical (unpaired) electrons. The highest BCUT2D eigenvalue weighted by Crippen LogP contribution is 2.09. The normalized spacial score (nSPS) is 15.8. The lowest BCUT2D eigenvalue weighted by atomic mass is 9.98. The van der Waals surface area contributed by atoms with E-state index in [9.17, 15) is 24.3 Å².